The summed E-state index contributed by atoms with van der Waals surface area (Å²) in [5.74, 6) is 0.324. The monoisotopic (exact) mass is 395 g/mol. The van der Waals surface area contributed by atoms with E-state index in [4.69, 9.17) is 5.73 Å². The molecule has 0 fully saturated rings. The minimum Gasteiger partial charge on any atom is -0.369 e. The maximum atomic E-state index is 13.1. The van der Waals surface area contributed by atoms with Crippen LogP contribution in [0.2, 0.25) is 0 Å². The first-order valence-corrected chi connectivity index (χ1v) is 7.79. The topological polar surface area (TPSA) is 43.8 Å². The van der Waals surface area contributed by atoms with Crippen LogP contribution in [0.25, 0.3) is 11.0 Å². The number of nitrogens with two attached hydrogens (primary N) is 1. The van der Waals surface area contributed by atoms with Gasteiger partial charge < -0.3 is 10.3 Å². The molecule has 1 aromatic heterocycles. The predicted molar refractivity (Wildman–Crippen MR) is 91.7 cm³/mol. The number of anilines is 1. The van der Waals surface area contributed by atoms with Crippen molar-refractivity contribution in [3.05, 3.63) is 56.9 Å². The largest absolute Gasteiger partial charge is 0.369 e. The van der Waals surface area contributed by atoms with Gasteiger partial charge in [0.25, 0.3) is 0 Å². The van der Waals surface area contributed by atoms with Crippen molar-refractivity contribution < 1.29 is 4.39 Å². The number of nitrogens with zero attached hydrogens (tertiary/aromatic N) is 2. The summed E-state index contributed by atoms with van der Waals surface area (Å²) in [5.41, 5.74) is 10.1. The average Bonchev–Trinajstić information content (AvgIpc) is 2.72. The molecule has 0 aliphatic carbocycles. The second-order valence-corrected chi connectivity index (χ2v) is 6.32. The molecule has 0 radical (unpaired) electrons. The van der Waals surface area contributed by atoms with Gasteiger partial charge in [-0.1, -0.05) is 6.07 Å². The second-order valence-electron chi connectivity index (χ2n) is 5.08. The maximum Gasteiger partial charge on any atom is 0.201 e. The Morgan fingerprint density at radius 1 is 1.24 bits per heavy atom. The fourth-order valence-corrected chi connectivity index (χ4v) is 3.00. The SMILES string of the molecule is Cc1cc(F)ccc1CCn1c(N)nc2cc(I)ccc21. The average molecular weight is 395 g/mol. The lowest BCUT2D eigenvalue weighted by molar-refractivity contribution is 0.624. The van der Waals surface area contributed by atoms with Crippen molar-refractivity contribution in [3.8, 4) is 0 Å². The molecule has 108 valence electrons. The Balaban J connectivity index is 1.90. The number of nitrogen functional groups attached to an aromatic ring is 1. The van der Waals surface area contributed by atoms with E-state index < -0.39 is 0 Å². The molecule has 2 N–H and O–H groups in total. The Labute approximate surface area is 136 Å². The minimum absolute atomic E-state index is 0.196. The van der Waals surface area contributed by atoms with Gasteiger partial charge in [0.2, 0.25) is 5.95 Å². The highest BCUT2D eigenvalue weighted by Crippen LogP contribution is 2.21. The maximum absolute atomic E-state index is 13.1. The van der Waals surface area contributed by atoms with Crippen LogP contribution in [0.3, 0.4) is 0 Å². The Morgan fingerprint density at radius 2 is 2.05 bits per heavy atom. The molecule has 0 amide bonds. The number of halogens is 2. The number of hydrogen-bond acceptors (Lipinski definition) is 2. The molecule has 3 rings (SSSR count). The molecule has 0 unspecified atom stereocenters. The summed E-state index contributed by atoms with van der Waals surface area (Å²) in [5, 5.41) is 0. The van der Waals surface area contributed by atoms with Crippen molar-refractivity contribution in [2.45, 2.75) is 19.9 Å². The van der Waals surface area contributed by atoms with E-state index in [-0.39, 0.29) is 5.82 Å². The van der Waals surface area contributed by atoms with E-state index in [2.05, 4.69) is 27.6 Å². The molecule has 3 aromatic rings. The van der Waals surface area contributed by atoms with Crippen LogP contribution in [0.5, 0.6) is 0 Å². The number of rotatable bonds is 3. The fourth-order valence-electron chi connectivity index (χ4n) is 2.53. The number of aryl methyl sites for hydroxylation is 3. The molecule has 0 atom stereocenters. The summed E-state index contributed by atoms with van der Waals surface area (Å²) in [6, 6.07) is 11.0. The lowest BCUT2D eigenvalue weighted by Crippen LogP contribution is -2.06. The number of aromatic nitrogens is 2. The van der Waals surface area contributed by atoms with E-state index in [1.807, 2.05) is 35.8 Å². The van der Waals surface area contributed by atoms with Gasteiger partial charge in [0, 0.05) is 10.1 Å². The highest BCUT2D eigenvalue weighted by molar-refractivity contribution is 14.1. The molecule has 0 aliphatic rings. The molecular weight excluding hydrogens is 380 g/mol. The van der Waals surface area contributed by atoms with Crippen LogP contribution in [0, 0.1) is 16.3 Å². The fraction of sp³-hybridized carbons (Fsp3) is 0.188. The number of imidazole rings is 1. The quantitative estimate of drug-likeness (QED) is 0.684. The number of fused-ring (bicyclic) bond motifs is 1. The van der Waals surface area contributed by atoms with Gasteiger partial charge in [-0.3, -0.25) is 0 Å². The zero-order valence-corrected chi connectivity index (χ0v) is 13.8. The van der Waals surface area contributed by atoms with Gasteiger partial charge in [-0.25, -0.2) is 9.37 Å². The summed E-state index contributed by atoms with van der Waals surface area (Å²) >= 11 is 2.26. The Morgan fingerprint density at radius 3 is 2.81 bits per heavy atom. The van der Waals surface area contributed by atoms with Crippen molar-refractivity contribution in [3.63, 3.8) is 0 Å². The zero-order valence-electron chi connectivity index (χ0n) is 11.6. The highest BCUT2D eigenvalue weighted by Gasteiger charge is 2.09. The number of benzene rings is 2. The second kappa shape index (κ2) is 5.63. The summed E-state index contributed by atoms with van der Waals surface area (Å²) in [6.07, 6.45) is 0.799. The predicted octanol–water partition coefficient (Wildman–Crippen LogP) is 3.91. The third-order valence-corrected chi connectivity index (χ3v) is 4.32. The normalized spacial score (nSPS) is 11.2. The van der Waals surface area contributed by atoms with Gasteiger partial charge >= 0.3 is 0 Å². The van der Waals surface area contributed by atoms with Crippen LogP contribution >= 0.6 is 22.6 Å². The van der Waals surface area contributed by atoms with Crippen molar-refractivity contribution in [1.29, 1.82) is 0 Å². The minimum atomic E-state index is -0.196. The molecule has 0 bridgehead atoms. The Bertz CT molecular complexity index is 811. The van der Waals surface area contributed by atoms with Crippen LogP contribution < -0.4 is 5.73 Å². The molecule has 1 heterocycles. The van der Waals surface area contributed by atoms with E-state index in [0.717, 1.165) is 38.7 Å². The molecule has 2 aromatic carbocycles. The Kier molecular flexibility index (Phi) is 3.84. The zero-order chi connectivity index (χ0) is 15.0. The van der Waals surface area contributed by atoms with E-state index in [9.17, 15) is 4.39 Å². The highest BCUT2D eigenvalue weighted by atomic mass is 127. The third-order valence-electron chi connectivity index (χ3n) is 3.65. The first-order chi connectivity index (χ1) is 10.0. The van der Waals surface area contributed by atoms with Crippen LogP contribution in [0.15, 0.2) is 36.4 Å². The van der Waals surface area contributed by atoms with Gasteiger partial charge in [-0.2, -0.15) is 0 Å². The van der Waals surface area contributed by atoms with Gasteiger partial charge in [-0.15, -0.1) is 0 Å². The van der Waals surface area contributed by atoms with Crippen molar-refractivity contribution in [2.75, 3.05) is 5.73 Å². The molecule has 5 heteroatoms. The van der Waals surface area contributed by atoms with E-state index >= 15 is 0 Å². The number of hydrogen-bond donors (Lipinski definition) is 1. The molecule has 3 nitrogen and oxygen atoms in total. The Hall–Kier alpha value is -1.63. The van der Waals surface area contributed by atoms with Gasteiger partial charge in [0.1, 0.15) is 5.82 Å². The first-order valence-electron chi connectivity index (χ1n) is 6.71. The van der Waals surface area contributed by atoms with Crippen LogP contribution in [0.1, 0.15) is 11.1 Å². The first kappa shape index (κ1) is 14.3. The van der Waals surface area contributed by atoms with Crippen LogP contribution in [0.4, 0.5) is 10.3 Å². The molecular formula is C16H15FIN3. The summed E-state index contributed by atoms with van der Waals surface area (Å²) < 4.78 is 16.3. The molecule has 0 spiro atoms. The lowest BCUT2D eigenvalue weighted by Gasteiger charge is -2.09. The lowest BCUT2D eigenvalue weighted by atomic mass is 10.1. The van der Waals surface area contributed by atoms with E-state index in [1.165, 1.54) is 6.07 Å². The summed E-state index contributed by atoms with van der Waals surface area (Å²) in [7, 11) is 0. The molecule has 0 aliphatic heterocycles. The standard InChI is InChI=1S/C16H15FIN3/c1-10-8-12(17)3-2-11(10)6-7-21-15-5-4-13(18)9-14(15)20-16(21)19/h2-5,8-9H,6-7H2,1H3,(H2,19,20). The summed E-state index contributed by atoms with van der Waals surface area (Å²) in [6.45, 7) is 2.66. The van der Waals surface area contributed by atoms with Crippen molar-refractivity contribution >= 4 is 39.6 Å². The molecule has 0 saturated carbocycles. The molecule has 21 heavy (non-hydrogen) atoms. The van der Waals surface area contributed by atoms with Gasteiger partial charge in [0.15, 0.2) is 0 Å². The third kappa shape index (κ3) is 2.88. The van der Waals surface area contributed by atoms with Crippen LogP contribution in [-0.4, -0.2) is 9.55 Å². The van der Waals surface area contributed by atoms with Gasteiger partial charge in [-0.05, 0) is 77.4 Å². The van der Waals surface area contributed by atoms with Gasteiger partial charge in [0.05, 0.1) is 11.0 Å². The van der Waals surface area contributed by atoms with E-state index in [1.54, 1.807) is 6.07 Å². The van der Waals surface area contributed by atoms with E-state index in [0.29, 0.717) is 5.95 Å². The smallest absolute Gasteiger partial charge is 0.201 e. The van der Waals surface area contributed by atoms with Crippen LogP contribution in [-0.2, 0) is 13.0 Å². The van der Waals surface area contributed by atoms with Crippen molar-refractivity contribution in [2.24, 2.45) is 0 Å². The van der Waals surface area contributed by atoms with Crippen molar-refractivity contribution in [1.82, 2.24) is 9.55 Å². The molecule has 0 saturated heterocycles. The summed E-state index contributed by atoms with van der Waals surface area (Å²) in [4.78, 5) is 4.40.